The highest BCUT2D eigenvalue weighted by atomic mass is 32.2. The second kappa shape index (κ2) is 6.73. The van der Waals surface area contributed by atoms with E-state index >= 15 is 0 Å². The number of thioether (sulfide) groups is 1. The van der Waals surface area contributed by atoms with Gasteiger partial charge in [0.2, 0.25) is 0 Å². The molecule has 2 rings (SSSR count). The second-order valence-electron chi connectivity index (χ2n) is 5.65. The van der Waals surface area contributed by atoms with E-state index in [4.69, 9.17) is 0 Å². The Morgan fingerprint density at radius 2 is 2.11 bits per heavy atom. The Labute approximate surface area is 119 Å². The lowest BCUT2D eigenvalue weighted by Gasteiger charge is -2.39. The third-order valence-electron chi connectivity index (χ3n) is 3.73. The zero-order valence-electron chi connectivity index (χ0n) is 11.4. The lowest BCUT2D eigenvalue weighted by molar-refractivity contribution is 0.0498. The number of hydrogen-bond donors (Lipinski definition) is 1. The number of rotatable bonds is 5. The van der Waals surface area contributed by atoms with Crippen LogP contribution >= 0.6 is 11.8 Å². The molecule has 1 heterocycles. The molecule has 0 saturated carbocycles. The smallest absolute Gasteiger partial charge is 0.123 e. The molecule has 0 spiro atoms. The van der Waals surface area contributed by atoms with Gasteiger partial charge in [0, 0.05) is 35.8 Å². The molecule has 4 heteroatoms. The van der Waals surface area contributed by atoms with Crippen LogP contribution in [0.3, 0.4) is 0 Å². The maximum Gasteiger partial charge on any atom is 0.123 e. The number of likely N-dealkylation sites (tertiary alicyclic amines) is 1. The number of hydrogen-bond acceptors (Lipinski definition) is 3. The third kappa shape index (κ3) is 4.48. The van der Waals surface area contributed by atoms with Crippen molar-refractivity contribution < 1.29 is 9.50 Å². The monoisotopic (exact) mass is 283 g/mol. The van der Waals surface area contributed by atoms with Gasteiger partial charge in [0.1, 0.15) is 5.82 Å². The van der Waals surface area contributed by atoms with Gasteiger partial charge in [0.05, 0.1) is 0 Å². The largest absolute Gasteiger partial charge is 0.396 e. The first kappa shape index (κ1) is 14.8. The third-order valence-corrected chi connectivity index (χ3v) is 4.72. The van der Waals surface area contributed by atoms with Crippen LogP contribution in [0.25, 0.3) is 0 Å². The summed E-state index contributed by atoms with van der Waals surface area (Å²) < 4.78 is 12.8. The zero-order valence-corrected chi connectivity index (χ0v) is 12.3. The lowest BCUT2D eigenvalue weighted by atomic mass is 9.83. The van der Waals surface area contributed by atoms with Crippen molar-refractivity contribution in [2.75, 3.05) is 32.0 Å². The summed E-state index contributed by atoms with van der Waals surface area (Å²) >= 11 is 1.76. The van der Waals surface area contributed by atoms with E-state index in [1.807, 2.05) is 12.1 Å². The maximum atomic E-state index is 12.8. The molecule has 1 aromatic carbocycles. The fourth-order valence-electron chi connectivity index (χ4n) is 2.57. The first-order valence-electron chi connectivity index (χ1n) is 6.83. The molecule has 1 N–H and O–H groups in total. The Morgan fingerprint density at radius 1 is 1.37 bits per heavy atom. The summed E-state index contributed by atoms with van der Waals surface area (Å²) in [6.07, 6.45) is 2.28. The average Bonchev–Trinajstić information content (AvgIpc) is 2.41. The highest BCUT2D eigenvalue weighted by molar-refractivity contribution is 7.99. The van der Waals surface area contributed by atoms with E-state index in [1.54, 1.807) is 11.8 Å². The molecule has 1 atom stereocenters. The van der Waals surface area contributed by atoms with Gasteiger partial charge in [-0.05, 0) is 43.7 Å². The summed E-state index contributed by atoms with van der Waals surface area (Å²) in [7, 11) is 0. The van der Waals surface area contributed by atoms with Gasteiger partial charge in [0.25, 0.3) is 0 Å². The summed E-state index contributed by atoms with van der Waals surface area (Å²) in [6.45, 7) is 5.56. The fraction of sp³-hybridized carbons (Fsp3) is 0.600. The van der Waals surface area contributed by atoms with Crippen molar-refractivity contribution in [1.29, 1.82) is 0 Å². The maximum absolute atomic E-state index is 12.8. The molecule has 1 aliphatic rings. The number of benzene rings is 1. The molecule has 1 fully saturated rings. The summed E-state index contributed by atoms with van der Waals surface area (Å²) in [5, 5.41) is 9.43. The van der Waals surface area contributed by atoms with Crippen molar-refractivity contribution in [1.82, 2.24) is 4.90 Å². The van der Waals surface area contributed by atoms with Crippen molar-refractivity contribution in [3.63, 3.8) is 0 Å². The van der Waals surface area contributed by atoms with Crippen LogP contribution < -0.4 is 0 Å². The normalized spacial score (nSPS) is 24.6. The molecule has 0 bridgehead atoms. The van der Waals surface area contributed by atoms with E-state index in [0.717, 1.165) is 43.1 Å². The number of piperidine rings is 1. The van der Waals surface area contributed by atoms with Gasteiger partial charge in [-0.1, -0.05) is 6.92 Å². The summed E-state index contributed by atoms with van der Waals surface area (Å²) in [5.41, 5.74) is 0.0682. The molecule has 1 aromatic rings. The molecule has 1 unspecified atom stereocenters. The van der Waals surface area contributed by atoms with Gasteiger partial charge >= 0.3 is 0 Å². The van der Waals surface area contributed by atoms with E-state index in [9.17, 15) is 9.50 Å². The number of aliphatic hydroxyl groups is 1. The summed E-state index contributed by atoms with van der Waals surface area (Å²) in [5.74, 6) is 0.826. The van der Waals surface area contributed by atoms with Crippen molar-refractivity contribution in [2.45, 2.75) is 24.7 Å². The molecule has 19 heavy (non-hydrogen) atoms. The summed E-state index contributed by atoms with van der Waals surface area (Å²) in [4.78, 5) is 3.54. The molecule has 0 amide bonds. The zero-order chi connectivity index (χ0) is 13.7. The first-order valence-corrected chi connectivity index (χ1v) is 7.81. The number of halogens is 1. The minimum Gasteiger partial charge on any atom is -0.396 e. The highest BCUT2D eigenvalue weighted by Crippen LogP contribution is 2.29. The van der Waals surface area contributed by atoms with Crippen molar-refractivity contribution >= 4 is 11.8 Å². The molecule has 1 saturated heterocycles. The van der Waals surface area contributed by atoms with Crippen LogP contribution in [0.5, 0.6) is 0 Å². The molecule has 1 aliphatic heterocycles. The molecule has 2 nitrogen and oxygen atoms in total. The molecular weight excluding hydrogens is 261 g/mol. The average molecular weight is 283 g/mol. The number of aliphatic hydroxyl groups excluding tert-OH is 1. The lowest BCUT2D eigenvalue weighted by Crippen LogP contribution is -2.44. The fourth-order valence-corrected chi connectivity index (χ4v) is 3.48. The van der Waals surface area contributed by atoms with E-state index in [0.29, 0.717) is 0 Å². The predicted molar refractivity (Wildman–Crippen MR) is 78.0 cm³/mol. The van der Waals surface area contributed by atoms with Gasteiger partial charge in [-0.2, -0.15) is 0 Å². The van der Waals surface area contributed by atoms with E-state index in [2.05, 4.69) is 11.8 Å². The van der Waals surface area contributed by atoms with Crippen molar-refractivity contribution in [3.8, 4) is 0 Å². The van der Waals surface area contributed by atoms with Gasteiger partial charge in [0.15, 0.2) is 0 Å². The molecule has 0 radical (unpaired) electrons. The number of nitrogens with zero attached hydrogens (tertiary/aromatic N) is 1. The van der Waals surface area contributed by atoms with E-state index < -0.39 is 0 Å². The van der Waals surface area contributed by atoms with Crippen molar-refractivity contribution in [3.05, 3.63) is 30.1 Å². The minimum absolute atomic E-state index is 0.0682. The van der Waals surface area contributed by atoms with Crippen LogP contribution in [0.1, 0.15) is 19.8 Å². The standard InChI is InChI=1S/C15H22FNOS/c1-15(12-18)7-2-8-17(11-15)9-10-19-14-5-3-13(16)4-6-14/h3-6,18H,2,7-12H2,1H3. The van der Waals surface area contributed by atoms with Gasteiger partial charge < -0.3 is 10.0 Å². The van der Waals surface area contributed by atoms with Crippen molar-refractivity contribution in [2.24, 2.45) is 5.41 Å². The predicted octanol–water partition coefficient (Wildman–Crippen LogP) is 3.01. The van der Waals surface area contributed by atoms with Crippen LogP contribution in [0, 0.1) is 11.2 Å². The Bertz CT molecular complexity index is 398. The molecular formula is C15H22FNOS. The SMILES string of the molecule is CC1(CO)CCCN(CCSc2ccc(F)cc2)C1. The van der Waals surface area contributed by atoms with Gasteiger partial charge in [-0.25, -0.2) is 4.39 Å². The van der Waals surface area contributed by atoms with Gasteiger partial charge in [-0.15, -0.1) is 11.8 Å². The quantitative estimate of drug-likeness (QED) is 0.840. The second-order valence-corrected chi connectivity index (χ2v) is 6.82. The molecule has 106 valence electrons. The highest BCUT2D eigenvalue weighted by Gasteiger charge is 2.29. The molecule has 0 aromatic heterocycles. The topological polar surface area (TPSA) is 23.5 Å². The van der Waals surface area contributed by atoms with Crippen LogP contribution in [0.15, 0.2) is 29.2 Å². The van der Waals surface area contributed by atoms with E-state index in [1.165, 1.54) is 12.1 Å². The van der Waals surface area contributed by atoms with Crippen LogP contribution in [-0.4, -0.2) is 42.0 Å². The first-order chi connectivity index (χ1) is 9.11. The Hall–Kier alpha value is -0.580. The Morgan fingerprint density at radius 3 is 2.79 bits per heavy atom. The van der Waals surface area contributed by atoms with Gasteiger partial charge in [-0.3, -0.25) is 0 Å². The van der Waals surface area contributed by atoms with Crippen LogP contribution in [-0.2, 0) is 0 Å². The molecule has 0 aliphatic carbocycles. The Balaban J connectivity index is 1.75. The summed E-state index contributed by atoms with van der Waals surface area (Å²) in [6, 6.07) is 6.67. The Kier molecular flexibility index (Phi) is 5.25. The minimum atomic E-state index is -0.181. The van der Waals surface area contributed by atoms with E-state index in [-0.39, 0.29) is 17.8 Å². The van der Waals surface area contributed by atoms with Crippen LogP contribution in [0.2, 0.25) is 0 Å². The van der Waals surface area contributed by atoms with Crippen LogP contribution in [0.4, 0.5) is 4.39 Å².